The molecule has 1 amide bonds. The summed E-state index contributed by atoms with van der Waals surface area (Å²) in [6, 6.07) is 22.1. The van der Waals surface area contributed by atoms with Crippen molar-refractivity contribution in [1.82, 2.24) is 4.57 Å². The molecule has 0 aliphatic carbocycles. The van der Waals surface area contributed by atoms with Gasteiger partial charge in [-0.05, 0) is 50.1 Å². The van der Waals surface area contributed by atoms with E-state index in [0.29, 0.717) is 0 Å². The SMILES string of the molecule is CCC(C(=O)Nc1ccccc1-n1c(C)ccc1C)c1ccccc1. The lowest BCUT2D eigenvalue weighted by atomic mass is 9.95. The first kappa shape index (κ1) is 17.0. The van der Waals surface area contributed by atoms with Crippen LogP contribution in [0.1, 0.15) is 36.2 Å². The zero-order valence-corrected chi connectivity index (χ0v) is 15.0. The Morgan fingerprint density at radius 1 is 0.920 bits per heavy atom. The van der Waals surface area contributed by atoms with Gasteiger partial charge >= 0.3 is 0 Å². The van der Waals surface area contributed by atoms with Gasteiger partial charge in [0.2, 0.25) is 5.91 Å². The van der Waals surface area contributed by atoms with Gasteiger partial charge in [0.05, 0.1) is 17.3 Å². The summed E-state index contributed by atoms with van der Waals surface area (Å²) in [6.45, 7) is 6.19. The van der Waals surface area contributed by atoms with Gasteiger partial charge in [-0.25, -0.2) is 0 Å². The van der Waals surface area contributed by atoms with Gasteiger partial charge in [-0.2, -0.15) is 0 Å². The number of carbonyl (C=O) groups is 1. The zero-order valence-electron chi connectivity index (χ0n) is 15.0. The van der Waals surface area contributed by atoms with Crippen molar-refractivity contribution in [1.29, 1.82) is 0 Å². The van der Waals surface area contributed by atoms with Crippen LogP contribution in [0, 0.1) is 13.8 Å². The Labute approximate surface area is 149 Å². The molecular weight excluding hydrogens is 308 g/mol. The maximum absolute atomic E-state index is 12.9. The molecule has 3 aromatic rings. The van der Waals surface area contributed by atoms with E-state index in [1.165, 1.54) is 0 Å². The van der Waals surface area contributed by atoms with Gasteiger partial charge in [0.15, 0.2) is 0 Å². The predicted octanol–water partition coefficient (Wildman–Crippen LogP) is 5.23. The number of aromatic nitrogens is 1. The lowest BCUT2D eigenvalue weighted by Crippen LogP contribution is -2.21. The van der Waals surface area contributed by atoms with Gasteiger partial charge in [0, 0.05) is 11.4 Å². The molecular formula is C22H24N2O. The monoisotopic (exact) mass is 332 g/mol. The predicted molar refractivity (Wildman–Crippen MR) is 103 cm³/mol. The molecule has 0 radical (unpaired) electrons. The second-order valence-corrected chi connectivity index (χ2v) is 6.33. The molecule has 1 N–H and O–H groups in total. The van der Waals surface area contributed by atoms with Crippen LogP contribution in [0.5, 0.6) is 0 Å². The van der Waals surface area contributed by atoms with Gasteiger partial charge in [-0.15, -0.1) is 0 Å². The molecule has 3 nitrogen and oxygen atoms in total. The second kappa shape index (κ2) is 7.39. The number of anilines is 1. The number of benzene rings is 2. The fourth-order valence-electron chi connectivity index (χ4n) is 3.30. The molecule has 0 aliphatic rings. The maximum atomic E-state index is 12.9. The highest BCUT2D eigenvalue weighted by atomic mass is 16.1. The quantitative estimate of drug-likeness (QED) is 0.682. The normalized spacial score (nSPS) is 12.0. The molecule has 25 heavy (non-hydrogen) atoms. The molecule has 1 unspecified atom stereocenters. The van der Waals surface area contributed by atoms with E-state index >= 15 is 0 Å². The molecule has 3 rings (SSSR count). The Bertz CT molecular complexity index is 845. The Kier molecular flexibility index (Phi) is 5.03. The van der Waals surface area contributed by atoms with Crippen molar-refractivity contribution in [2.24, 2.45) is 0 Å². The van der Waals surface area contributed by atoms with Crippen molar-refractivity contribution >= 4 is 11.6 Å². The first-order valence-electron chi connectivity index (χ1n) is 8.72. The molecule has 0 bridgehead atoms. The third-order valence-corrected chi connectivity index (χ3v) is 4.60. The zero-order chi connectivity index (χ0) is 17.8. The van der Waals surface area contributed by atoms with Crippen LogP contribution >= 0.6 is 0 Å². The van der Waals surface area contributed by atoms with Crippen LogP contribution in [0.2, 0.25) is 0 Å². The summed E-state index contributed by atoms with van der Waals surface area (Å²) in [7, 11) is 0. The second-order valence-electron chi connectivity index (χ2n) is 6.33. The van der Waals surface area contributed by atoms with E-state index in [1.807, 2.05) is 61.5 Å². The number of nitrogens with one attached hydrogen (secondary N) is 1. The van der Waals surface area contributed by atoms with Crippen LogP contribution < -0.4 is 5.32 Å². The highest BCUT2D eigenvalue weighted by Crippen LogP contribution is 2.27. The molecule has 1 atom stereocenters. The third kappa shape index (κ3) is 3.50. The smallest absolute Gasteiger partial charge is 0.231 e. The molecule has 1 heterocycles. The number of aryl methyl sites for hydroxylation is 2. The third-order valence-electron chi connectivity index (χ3n) is 4.60. The van der Waals surface area contributed by atoms with Crippen LogP contribution in [0.3, 0.4) is 0 Å². The maximum Gasteiger partial charge on any atom is 0.231 e. The fraction of sp³-hybridized carbons (Fsp3) is 0.227. The van der Waals surface area contributed by atoms with E-state index in [-0.39, 0.29) is 11.8 Å². The minimum absolute atomic E-state index is 0.0311. The molecule has 0 saturated heterocycles. The summed E-state index contributed by atoms with van der Waals surface area (Å²) in [5.74, 6) is -0.121. The van der Waals surface area contributed by atoms with E-state index in [0.717, 1.165) is 34.7 Å². The van der Waals surface area contributed by atoms with Crippen LogP contribution in [0.4, 0.5) is 5.69 Å². The first-order valence-corrected chi connectivity index (χ1v) is 8.72. The topological polar surface area (TPSA) is 34.0 Å². The van der Waals surface area contributed by atoms with Gasteiger partial charge in [-0.3, -0.25) is 4.79 Å². The van der Waals surface area contributed by atoms with E-state index < -0.39 is 0 Å². The van der Waals surface area contributed by atoms with E-state index in [2.05, 4.69) is 35.9 Å². The largest absolute Gasteiger partial charge is 0.324 e. The van der Waals surface area contributed by atoms with Gasteiger partial charge in [-0.1, -0.05) is 49.4 Å². The number of rotatable bonds is 5. The molecule has 3 heteroatoms. The minimum atomic E-state index is -0.152. The van der Waals surface area contributed by atoms with Crippen LogP contribution in [-0.4, -0.2) is 10.5 Å². The van der Waals surface area contributed by atoms with Crippen molar-refractivity contribution in [3.05, 3.63) is 83.7 Å². The number of hydrogen-bond acceptors (Lipinski definition) is 1. The summed E-state index contributed by atoms with van der Waals surface area (Å²) in [4.78, 5) is 12.9. The molecule has 2 aromatic carbocycles. The Morgan fingerprint density at radius 3 is 2.16 bits per heavy atom. The summed E-state index contributed by atoms with van der Waals surface area (Å²) in [5, 5.41) is 3.14. The highest BCUT2D eigenvalue weighted by Gasteiger charge is 2.20. The van der Waals surface area contributed by atoms with Crippen molar-refractivity contribution in [3.8, 4) is 5.69 Å². The number of hydrogen-bond donors (Lipinski definition) is 1. The number of nitrogens with zero attached hydrogens (tertiary/aromatic N) is 1. The Morgan fingerprint density at radius 2 is 1.52 bits per heavy atom. The van der Waals surface area contributed by atoms with Crippen LogP contribution in [-0.2, 0) is 4.79 Å². The summed E-state index contributed by atoms with van der Waals surface area (Å²) in [5.41, 5.74) is 5.18. The highest BCUT2D eigenvalue weighted by molar-refractivity contribution is 5.97. The van der Waals surface area contributed by atoms with Crippen molar-refractivity contribution < 1.29 is 4.79 Å². The van der Waals surface area contributed by atoms with Crippen LogP contribution in [0.15, 0.2) is 66.7 Å². The first-order chi connectivity index (χ1) is 12.1. The van der Waals surface area contributed by atoms with E-state index in [9.17, 15) is 4.79 Å². The summed E-state index contributed by atoms with van der Waals surface area (Å²) in [6.07, 6.45) is 0.763. The fourth-order valence-corrected chi connectivity index (χ4v) is 3.30. The molecule has 0 spiro atoms. The molecule has 0 aliphatic heterocycles. The van der Waals surface area contributed by atoms with E-state index in [1.54, 1.807) is 0 Å². The Balaban J connectivity index is 1.92. The molecule has 0 fully saturated rings. The number of amides is 1. The Hall–Kier alpha value is -2.81. The lowest BCUT2D eigenvalue weighted by molar-refractivity contribution is -0.117. The van der Waals surface area contributed by atoms with Crippen LogP contribution in [0.25, 0.3) is 5.69 Å². The summed E-state index contributed by atoms with van der Waals surface area (Å²) >= 11 is 0. The van der Waals surface area contributed by atoms with E-state index in [4.69, 9.17) is 0 Å². The number of carbonyl (C=O) groups excluding carboxylic acids is 1. The average molecular weight is 332 g/mol. The summed E-state index contributed by atoms with van der Waals surface area (Å²) < 4.78 is 2.17. The van der Waals surface area contributed by atoms with Gasteiger partial charge < -0.3 is 9.88 Å². The molecule has 0 saturated carbocycles. The van der Waals surface area contributed by atoms with Crippen molar-refractivity contribution in [2.75, 3.05) is 5.32 Å². The number of para-hydroxylation sites is 2. The minimum Gasteiger partial charge on any atom is -0.324 e. The lowest BCUT2D eigenvalue weighted by Gasteiger charge is -2.19. The average Bonchev–Trinajstić information content (AvgIpc) is 2.96. The standard InChI is InChI=1S/C22H24N2O/c1-4-19(18-10-6-5-7-11-18)22(25)23-20-12-8-9-13-21(20)24-16(2)14-15-17(24)3/h5-15,19H,4H2,1-3H3,(H,23,25). The molecule has 1 aromatic heterocycles. The van der Waals surface area contributed by atoms with Crippen molar-refractivity contribution in [2.45, 2.75) is 33.1 Å². The van der Waals surface area contributed by atoms with Gasteiger partial charge in [0.1, 0.15) is 0 Å². The van der Waals surface area contributed by atoms with Gasteiger partial charge in [0.25, 0.3) is 0 Å². The molecule has 128 valence electrons. The van der Waals surface area contributed by atoms with Crippen molar-refractivity contribution in [3.63, 3.8) is 0 Å².